The summed E-state index contributed by atoms with van der Waals surface area (Å²) in [4.78, 5) is 0. The van der Waals surface area contributed by atoms with Crippen molar-refractivity contribution in [1.82, 2.24) is 5.32 Å². The van der Waals surface area contributed by atoms with E-state index < -0.39 is 0 Å². The molecule has 16 heavy (non-hydrogen) atoms. The summed E-state index contributed by atoms with van der Waals surface area (Å²) in [7, 11) is 0. The molecule has 0 aromatic heterocycles. The molecule has 0 aliphatic rings. The molecule has 0 radical (unpaired) electrons. The SMILES string of the molecule is CCNC/C(=C/c1ccc(Br)c(F)c1)CC. The molecule has 0 spiro atoms. The van der Waals surface area contributed by atoms with E-state index in [1.54, 1.807) is 12.1 Å². The molecule has 0 amide bonds. The van der Waals surface area contributed by atoms with Crippen molar-refractivity contribution in [2.24, 2.45) is 0 Å². The lowest BCUT2D eigenvalue weighted by Gasteiger charge is -2.05. The maximum absolute atomic E-state index is 13.3. The second-order valence-corrected chi connectivity index (χ2v) is 4.46. The summed E-state index contributed by atoms with van der Waals surface area (Å²) in [6.07, 6.45) is 3.02. The van der Waals surface area contributed by atoms with E-state index >= 15 is 0 Å². The van der Waals surface area contributed by atoms with E-state index in [-0.39, 0.29) is 5.82 Å². The molecule has 0 aliphatic heterocycles. The van der Waals surface area contributed by atoms with Crippen LogP contribution in [0.5, 0.6) is 0 Å². The van der Waals surface area contributed by atoms with E-state index in [1.807, 2.05) is 12.1 Å². The van der Waals surface area contributed by atoms with Gasteiger partial charge in [-0.05, 0) is 46.6 Å². The van der Waals surface area contributed by atoms with Gasteiger partial charge in [-0.1, -0.05) is 31.6 Å². The largest absolute Gasteiger partial charge is 0.313 e. The highest BCUT2D eigenvalue weighted by Gasteiger charge is 2.00. The second-order valence-electron chi connectivity index (χ2n) is 3.61. The van der Waals surface area contributed by atoms with Crippen LogP contribution in [0.2, 0.25) is 0 Å². The molecular weight excluding hydrogens is 269 g/mol. The molecule has 0 atom stereocenters. The first-order valence-corrected chi connectivity index (χ1v) is 6.31. The van der Waals surface area contributed by atoms with Gasteiger partial charge in [-0.25, -0.2) is 4.39 Å². The topological polar surface area (TPSA) is 12.0 Å². The highest BCUT2D eigenvalue weighted by molar-refractivity contribution is 9.10. The van der Waals surface area contributed by atoms with Gasteiger partial charge in [-0.3, -0.25) is 0 Å². The van der Waals surface area contributed by atoms with Crippen LogP contribution in [0, 0.1) is 5.82 Å². The van der Waals surface area contributed by atoms with Crippen LogP contribution in [0.1, 0.15) is 25.8 Å². The fourth-order valence-corrected chi connectivity index (χ4v) is 1.65. The van der Waals surface area contributed by atoms with Gasteiger partial charge in [-0.15, -0.1) is 0 Å². The van der Waals surface area contributed by atoms with Gasteiger partial charge >= 0.3 is 0 Å². The number of halogens is 2. The van der Waals surface area contributed by atoms with Gasteiger partial charge in [0.05, 0.1) is 4.47 Å². The van der Waals surface area contributed by atoms with Crippen LogP contribution in [0.25, 0.3) is 6.08 Å². The normalized spacial score (nSPS) is 11.9. The number of hydrogen-bond donors (Lipinski definition) is 1. The first kappa shape index (κ1) is 13.4. The Bertz CT molecular complexity index is 374. The Balaban J connectivity index is 2.82. The molecule has 0 saturated heterocycles. The van der Waals surface area contributed by atoms with Gasteiger partial charge in [0.2, 0.25) is 0 Å². The van der Waals surface area contributed by atoms with Crippen molar-refractivity contribution in [3.63, 3.8) is 0 Å². The lowest BCUT2D eigenvalue weighted by molar-refractivity contribution is 0.621. The maximum atomic E-state index is 13.3. The Labute approximate surface area is 105 Å². The van der Waals surface area contributed by atoms with Crippen molar-refractivity contribution in [3.05, 3.63) is 39.6 Å². The lowest BCUT2D eigenvalue weighted by atomic mass is 10.1. The van der Waals surface area contributed by atoms with Gasteiger partial charge in [0.15, 0.2) is 0 Å². The molecule has 0 aliphatic carbocycles. The smallest absolute Gasteiger partial charge is 0.137 e. The van der Waals surface area contributed by atoms with E-state index in [1.165, 1.54) is 5.57 Å². The minimum Gasteiger partial charge on any atom is -0.313 e. The Kier molecular flexibility index (Phi) is 5.71. The van der Waals surface area contributed by atoms with Crippen LogP contribution in [0.15, 0.2) is 28.2 Å². The monoisotopic (exact) mass is 285 g/mol. The van der Waals surface area contributed by atoms with E-state index in [9.17, 15) is 4.39 Å². The number of nitrogens with one attached hydrogen (secondary N) is 1. The molecule has 1 aromatic carbocycles. The third kappa shape index (κ3) is 4.06. The third-order valence-electron chi connectivity index (χ3n) is 2.37. The molecule has 88 valence electrons. The van der Waals surface area contributed by atoms with Crippen molar-refractivity contribution in [2.75, 3.05) is 13.1 Å². The van der Waals surface area contributed by atoms with Crippen LogP contribution in [0.3, 0.4) is 0 Å². The average molecular weight is 286 g/mol. The van der Waals surface area contributed by atoms with Gasteiger partial charge in [0.1, 0.15) is 5.82 Å². The Morgan fingerprint density at radius 2 is 2.19 bits per heavy atom. The van der Waals surface area contributed by atoms with E-state index in [0.717, 1.165) is 25.1 Å². The molecule has 3 heteroatoms. The van der Waals surface area contributed by atoms with Gasteiger partial charge in [0, 0.05) is 6.54 Å². The summed E-state index contributed by atoms with van der Waals surface area (Å²) in [5.74, 6) is -0.215. The van der Waals surface area contributed by atoms with Crippen LogP contribution in [-0.2, 0) is 0 Å². The second kappa shape index (κ2) is 6.81. The molecule has 1 aromatic rings. The number of benzene rings is 1. The summed E-state index contributed by atoms with van der Waals surface area (Å²) in [6.45, 7) is 6.00. The summed E-state index contributed by atoms with van der Waals surface area (Å²) in [6, 6.07) is 5.20. The lowest BCUT2D eigenvalue weighted by Crippen LogP contribution is -2.15. The predicted octanol–water partition coefficient (Wildman–Crippen LogP) is 3.99. The Morgan fingerprint density at radius 1 is 1.44 bits per heavy atom. The van der Waals surface area contributed by atoms with Crippen LogP contribution in [0.4, 0.5) is 4.39 Å². The fourth-order valence-electron chi connectivity index (χ4n) is 1.40. The first-order valence-electron chi connectivity index (χ1n) is 5.52. The standard InChI is InChI=1S/C13H17BrFN/c1-3-10(9-16-4-2)7-11-5-6-12(14)13(15)8-11/h5-8,16H,3-4,9H2,1-2H3/b10-7+. The quantitative estimate of drug-likeness (QED) is 0.863. The Hall–Kier alpha value is -0.670. The molecule has 1 N–H and O–H groups in total. The molecule has 0 unspecified atom stereocenters. The molecule has 1 rings (SSSR count). The summed E-state index contributed by atoms with van der Waals surface area (Å²) >= 11 is 3.15. The first-order chi connectivity index (χ1) is 7.67. The van der Waals surface area contributed by atoms with Crippen molar-refractivity contribution in [1.29, 1.82) is 0 Å². The minimum atomic E-state index is -0.215. The minimum absolute atomic E-state index is 0.215. The molecule has 0 heterocycles. The van der Waals surface area contributed by atoms with E-state index in [4.69, 9.17) is 0 Å². The molecule has 0 saturated carbocycles. The van der Waals surface area contributed by atoms with Crippen molar-refractivity contribution >= 4 is 22.0 Å². The number of likely N-dealkylation sites (N-methyl/N-ethyl adjacent to an activating group) is 1. The Morgan fingerprint density at radius 3 is 2.75 bits per heavy atom. The molecular formula is C13H17BrFN. The van der Waals surface area contributed by atoms with Gasteiger partial charge < -0.3 is 5.32 Å². The van der Waals surface area contributed by atoms with Gasteiger partial charge in [0.25, 0.3) is 0 Å². The van der Waals surface area contributed by atoms with E-state index in [2.05, 4.69) is 35.1 Å². The number of hydrogen-bond acceptors (Lipinski definition) is 1. The average Bonchev–Trinajstić information content (AvgIpc) is 2.29. The molecule has 0 fully saturated rings. The zero-order valence-electron chi connectivity index (χ0n) is 9.69. The molecule has 0 bridgehead atoms. The van der Waals surface area contributed by atoms with Crippen LogP contribution < -0.4 is 5.32 Å². The summed E-state index contributed by atoms with van der Waals surface area (Å²) in [5, 5.41) is 3.27. The maximum Gasteiger partial charge on any atom is 0.137 e. The van der Waals surface area contributed by atoms with Crippen molar-refractivity contribution in [2.45, 2.75) is 20.3 Å². The highest BCUT2D eigenvalue weighted by atomic mass is 79.9. The van der Waals surface area contributed by atoms with E-state index in [0.29, 0.717) is 4.47 Å². The van der Waals surface area contributed by atoms with Crippen LogP contribution in [-0.4, -0.2) is 13.1 Å². The summed E-state index contributed by atoms with van der Waals surface area (Å²) < 4.78 is 13.8. The molecule has 1 nitrogen and oxygen atoms in total. The van der Waals surface area contributed by atoms with Crippen molar-refractivity contribution < 1.29 is 4.39 Å². The third-order valence-corrected chi connectivity index (χ3v) is 3.01. The highest BCUT2D eigenvalue weighted by Crippen LogP contribution is 2.18. The summed E-state index contributed by atoms with van der Waals surface area (Å²) in [5.41, 5.74) is 2.19. The number of rotatable bonds is 5. The fraction of sp³-hybridized carbons (Fsp3) is 0.385. The zero-order valence-corrected chi connectivity index (χ0v) is 11.3. The van der Waals surface area contributed by atoms with Gasteiger partial charge in [-0.2, -0.15) is 0 Å². The zero-order chi connectivity index (χ0) is 12.0. The van der Waals surface area contributed by atoms with Crippen LogP contribution >= 0.6 is 15.9 Å². The van der Waals surface area contributed by atoms with Crippen molar-refractivity contribution in [3.8, 4) is 0 Å². The predicted molar refractivity (Wildman–Crippen MR) is 70.9 cm³/mol.